The summed E-state index contributed by atoms with van der Waals surface area (Å²) in [5.74, 6) is 0. The second-order valence-electron chi connectivity index (χ2n) is 3.90. The molecular formula is C8H11Cl7NP. The smallest absolute Gasteiger partial charge is 0.240 e. The Morgan fingerprint density at radius 3 is 1.59 bits per heavy atom. The molecule has 1 rings (SSSR count). The Morgan fingerprint density at radius 1 is 0.824 bits per heavy atom. The van der Waals surface area contributed by atoms with Crippen molar-refractivity contribution in [3.8, 4) is 0 Å². The van der Waals surface area contributed by atoms with Crippen LogP contribution < -0.4 is 0 Å². The van der Waals surface area contributed by atoms with Gasteiger partial charge in [-0.1, -0.05) is 100 Å². The molecule has 0 N–H and O–H groups in total. The van der Waals surface area contributed by atoms with Gasteiger partial charge in [0.05, 0.1) is 6.04 Å². The molecular weight excluding hydrogens is 389 g/mol. The predicted octanol–water partition coefficient (Wildman–Crippen LogP) is 7.33. The first-order valence-electron chi connectivity index (χ1n) is 5.02. The first-order valence-corrected chi connectivity index (χ1v) is 9.94. The van der Waals surface area contributed by atoms with Gasteiger partial charge in [-0.25, -0.2) is 0 Å². The highest BCUT2D eigenvalue weighted by atomic mass is 35.7. The Balaban J connectivity index is 3.10. The van der Waals surface area contributed by atoms with E-state index in [1.807, 2.05) is 0 Å². The van der Waals surface area contributed by atoms with Crippen LogP contribution in [0, 0.1) is 0 Å². The average Bonchev–Trinajstić information content (AvgIpc) is 2.15. The van der Waals surface area contributed by atoms with Gasteiger partial charge in [-0.05, 0) is 12.8 Å². The summed E-state index contributed by atoms with van der Waals surface area (Å²) in [7, 11) is 0. The number of rotatable bonds is 1. The quantitative estimate of drug-likeness (QED) is 0.323. The van der Waals surface area contributed by atoms with Gasteiger partial charge in [-0.3, -0.25) is 4.74 Å². The number of nitrogens with zero attached hydrogens (tertiary/aromatic N) is 1. The molecule has 1 aliphatic carbocycles. The van der Waals surface area contributed by atoms with Gasteiger partial charge in [-0.2, -0.15) is 0 Å². The molecule has 17 heavy (non-hydrogen) atoms. The zero-order chi connectivity index (χ0) is 13.3. The molecule has 1 aliphatic rings. The molecule has 1 saturated carbocycles. The lowest BCUT2D eigenvalue weighted by Gasteiger charge is -2.33. The van der Waals surface area contributed by atoms with Crippen molar-refractivity contribution in [1.29, 1.82) is 0 Å². The minimum Gasteiger partial charge on any atom is -0.276 e. The SMILES string of the molecule is ClC(Cl)(Cl)P(Cl)(=NC1CCCCC1)C(Cl)(Cl)Cl. The van der Waals surface area contributed by atoms with Crippen LogP contribution in [-0.2, 0) is 0 Å². The molecule has 0 unspecified atom stereocenters. The number of alkyl halides is 6. The Bertz CT molecular complexity index is 295. The second-order valence-corrected chi connectivity index (χ2v) is 14.2. The number of hydrogen-bond donors (Lipinski definition) is 0. The fourth-order valence-corrected chi connectivity index (χ4v) is 7.53. The monoisotopic (exact) mass is 397 g/mol. The van der Waals surface area contributed by atoms with Gasteiger partial charge < -0.3 is 0 Å². The van der Waals surface area contributed by atoms with Gasteiger partial charge in [0, 0.05) is 0 Å². The molecule has 1 nitrogen and oxygen atoms in total. The lowest BCUT2D eigenvalue weighted by molar-refractivity contribution is 0.446. The van der Waals surface area contributed by atoms with E-state index < -0.39 is 13.5 Å². The maximum absolute atomic E-state index is 6.28. The van der Waals surface area contributed by atoms with Crippen molar-refractivity contribution in [2.24, 2.45) is 4.74 Å². The molecule has 0 aliphatic heterocycles. The summed E-state index contributed by atoms with van der Waals surface area (Å²) in [6.07, 6.45) is 1.91. The van der Waals surface area contributed by atoms with E-state index in [9.17, 15) is 0 Å². The molecule has 0 spiro atoms. The molecule has 0 aromatic heterocycles. The van der Waals surface area contributed by atoms with Crippen molar-refractivity contribution >= 4 is 87.3 Å². The highest BCUT2D eigenvalue weighted by Crippen LogP contribution is 2.82. The first-order chi connectivity index (χ1) is 7.58. The summed E-state index contributed by atoms with van der Waals surface area (Å²) in [6, 6.07) is 0.0147. The van der Waals surface area contributed by atoms with Gasteiger partial charge >= 0.3 is 0 Å². The zero-order valence-electron chi connectivity index (χ0n) is 8.65. The van der Waals surface area contributed by atoms with Gasteiger partial charge in [0.1, 0.15) is 0 Å². The third-order valence-corrected chi connectivity index (χ3v) is 12.3. The fraction of sp³-hybridized carbons (Fsp3) is 1.00. The standard InChI is InChI=1S/C8H11Cl7NP/c9-7(10,11)17(15,8(12,13)14)16-6-4-2-1-3-5-6/h6H,1-5H2. The number of halogens is 7. The van der Waals surface area contributed by atoms with Crippen LogP contribution in [0.15, 0.2) is 4.74 Å². The topological polar surface area (TPSA) is 12.4 Å². The van der Waals surface area contributed by atoms with Crippen molar-refractivity contribution in [3.63, 3.8) is 0 Å². The fourth-order valence-electron chi connectivity index (χ4n) is 1.70. The Labute approximate surface area is 136 Å². The normalized spacial score (nSPS) is 20.4. The van der Waals surface area contributed by atoms with Gasteiger partial charge in [0.15, 0.2) is 6.41 Å². The summed E-state index contributed by atoms with van der Waals surface area (Å²) < 4.78 is 0.639. The van der Waals surface area contributed by atoms with E-state index in [2.05, 4.69) is 4.74 Å². The van der Waals surface area contributed by atoms with Gasteiger partial charge in [0.25, 0.3) is 0 Å². The molecule has 0 radical (unpaired) electrons. The van der Waals surface area contributed by atoms with Crippen molar-refractivity contribution in [2.45, 2.75) is 45.2 Å². The van der Waals surface area contributed by atoms with Crippen LogP contribution in [0.25, 0.3) is 0 Å². The van der Waals surface area contributed by atoms with E-state index in [0.717, 1.165) is 25.7 Å². The summed E-state index contributed by atoms with van der Waals surface area (Å²) in [4.78, 5) is 0. The van der Waals surface area contributed by atoms with Crippen LogP contribution in [0.3, 0.4) is 0 Å². The lowest BCUT2D eigenvalue weighted by Crippen LogP contribution is -2.17. The lowest BCUT2D eigenvalue weighted by atomic mass is 9.97. The van der Waals surface area contributed by atoms with E-state index in [1.54, 1.807) is 0 Å². The summed E-state index contributed by atoms with van der Waals surface area (Å²) >= 11 is 41.4. The summed E-state index contributed by atoms with van der Waals surface area (Å²) in [6.45, 7) is 0. The molecule has 102 valence electrons. The third kappa shape index (κ3) is 4.36. The first kappa shape index (κ1) is 17.3. The van der Waals surface area contributed by atoms with Crippen LogP contribution >= 0.6 is 87.3 Å². The van der Waals surface area contributed by atoms with E-state index in [4.69, 9.17) is 80.8 Å². The van der Waals surface area contributed by atoms with Crippen LogP contribution in [0.1, 0.15) is 32.1 Å². The van der Waals surface area contributed by atoms with Crippen LogP contribution in [0.5, 0.6) is 0 Å². The Hall–Kier alpha value is 2.26. The van der Waals surface area contributed by atoms with Crippen LogP contribution in [0.2, 0.25) is 0 Å². The number of hydrogen-bond acceptors (Lipinski definition) is 1. The van der Waals surface area contributed by atoms with E-state index >= 15 is 0 Å². The Morgan fingerprint density at radius 2 is 1.24 bits per heavy atom. The maximum Gasteiger partial charge on any atom is 0.240 e. The largest absolute Gasteiger partial charge is 0.276 e. The predicted molar refractivity (Wildman–Crippen MR) is 82.7 cm³/mol. The molecule has 0 aromatic rings. The zero-order valence-corrected chi connectivity index (χ0v) is 14.8. The van der Waals surface area contributed by atoms with Crippen molar-refractivity contribution in [2.75, 3.05) is 0 Å². The minimum absolute atomic E-state index is 0.0147. The van der Waals surface area contributed by atoms with Crippen molar-refractivity contribution in [3.05, 3.63) is 0 Å². The van der Waals surface area contributed by atoms with Gasteiger partial charge in [0.2, 0.25) is 7.07 Å². The molecule has 9 heteroatoms. The van der Waals surface area contributed by atoms with Crippen molar-refractivity contribution in [1.82, 2.24) is 0 Å². The van der Waals surface area contributed by atoms with E-state index in [0.29, 0.717) is 0 Å². The Kier molecular flexibility index (Phi) is 6.47. The van der Waals surface area contributed by atoms with Crippen LogP contribution in [0.4, 0.5) is 0 Å². The highest BCUT2D eigenvalue weighted by Gasteiger charge is 2.54. The second kappa shape index (κ2) is 6.35. The van der Waals surface area contributed by atoms with Gasteiger partial charge in [-0.15, -0.1) is 0 Å². The summed E-state index contributed by atoms with van der Waals surface area (Å²) in [5.41, 5.74) is 0. The molecule has 0 amide bonds. The maximum atomic E-state index is 6.28. The highest BCUT2D eigenvalue weighted by molar-refractivity contribution is 8.00. The minimum atomic E-state index is -3.22. The average molecular weight is 400 g/mol. The van der Waals surface area contributed by atoms with E-state index in [-0.39, 0.29) is 6.04 Å². The molecule has 0 aromatic carbocycles. The summed E-state index contributed by atoms with van der Waals surface area (Å²) in [5, 5.41) is 0. The molecule has 0 bridgehead atoms. The molecule has 0 atom stereocenters. The van der Waals surface area contributed by atoms with E-state index in [1.165, 1.54) is 6.42 Å². The molecule has 0 heterocycles. The molecule has 0 saturated heterocycles. The molecule has 1 fully saturated rings. The third-order valence-electron chi connectivity index (χ3n) is 2.57. The van der Waals surface area contributed by atoms with Crippen LogP contribution in [-0.4, -0.2) is 13.1 Å². The van der Waals surface area contributed by atoms with Crippen molar-refractivity contribution < 1.29 is 0 Å².